The molecule has 1 N–H and O–H groups in total. The number of imidazole rings is 1. The smallest absolute Gasteiger partial charge is 0.231 e. The van der Waals surface area contributed by atoms with Crippen LogP contribution in [0.5, 0.6) is 5.75 Å². The Hall–Kier alpha value is -2.50. The molecule has 1 amide bonds. The van der Waals surface area contributed by atoms with Crippen LogP contribution in [0.4, 0.5) is 5.95 Å². The summed E-state index contributed by atoms with van der Waals surface area (Å²) < 4.78 is 7.52. The van der Waals surface area contributed by atoms with E-state index in [0.29, 0.717) is 0 Å². The summed E-state index contributed by atoms with van der Waals surface area (Å²) in [5.41, 5.74) is 0.620. The number of ether oxygens (including phenoxy) is 1. The minimum atomic E-state index is -0.399. The van der Waals surface area contributed by atoms with E-state index in [1.807, 2.05) is 48.3 Å². The minimum absolute atomic E-state index is 0.150. The monoisotopic (exact) mass is 354 g/mol. The van der Waals surface area contributed by atoms with E-state index in [9.17, 15) is 4.79 Å². The molecule has 0 atom stereocenters. The lowest BCUT2D eigenvalue weighted by Crippen LogP contribution is -2.48. The first kappa shape index (κ1) is 16.9. The summed E-state index contributed by atoms with van der Waals surface area (Å²) in [6.45, 7) is 1.83. The second kappa shape index (κ2) is 6.67. The van der Waals surface area contributed by atoms with Crippen molar-refractivity contribution >= 4 is 11.9 Å². The quantitative estimate of drug-likeness (QED) is 0.895. The molecule has 2 aliphatic rings. The summed E-state index contributed by atoms with van der Waals surface area (Å²) in [5.74, 6) is 1.96. The fourth-order valence-corrected chi connectivity index (χ4v) is 3.99. The molecule has 1 aromatic carbocycles. The highest BCUT2D eigenvalue weighted by Gasteiger charge is 2.53. The Morgan fingerprint density at radius 1 is 1.27 bits per heavy atom. The summed E-state index contributed by atoms with van der Waals surface area (Å²) in [6.07, 6.45) is 7.47. The van der Waals surface area contributed by atoms with E-state index in [0.717, 1.165) is 56.0 Å². The molecule has 2 fully saturated rings. The van der Waals surface area contributed by atoms with Gasteiger partial charge in [-0.2, -0.15) is 0 Å². The average Bonchev–Trinajstić information content (AvgIpc) is 3.38. The number of aromatic nitrogens is 2. The molecule has 0 bridgehead atoms. The molecule has 4 rings (SSSR count). The Bertz CT molecular complexity index is 789. The zero-order valence-electron chi connectivity index (χ0n) is 15.4. The summed E-state index contributed by atoms with van der Waals surface area (Å²) in [6, 6.07) is 8.12. The van der Waals surface area contributed by atoms with Crippen molar-refractivity contribution in [2.24, 2.45) is 7.05 Å². The molecule has 1 saturated carbocycles. The van der Waals surface area contributed by atoms with Crippen LogP contribution in [-0.2, 0) is 17.3 Å². The number of para-hydroxylation sites is 1. The third-order valence-corrected chi connectivity index (χ3v) is 5.72. The molecule has 0 radical (unpaired) electrons. The number of rotatable bonds is 5. The molecule has 2 heterocycles. The number of hydrogen-bond donors (Lipinski definition) is 1. The Labute approximate surface area is 154 Å². The van der Waals surface area contributed by atoms with E-state index in [4.69, 9.17) is 4.74 Å². The van der Waals surface area contributed by atoms with Crippen molar-refractivity contribution in [3.63, 3.8) is 0 Å². The number of hydrogen-bond acceptors (Lipinski definition) is 4. The summed E-state index contributed by atoms with van der Waals surface area (Å²) in [4.78, 5) is 19.7. The predicted molar refractivity (Wildman–Crippen MR) is 100 cm³/mol. The first-order valence-corrected chi connectivity index (χ1v) is 9.31. The number of benzene rings is 1. The van der Waals surface area contributed by atoms with Crippen LogP contribution in [-0.4, -0.2) is 41.7 Å². The van der Waals surface area contributed by atoms with Gasteiger partial charge in [-0.15, -0.1) is 0 Å². The highest BCUT2D eigenvalue weighted by Crippen LogP contribution is 2.51. The van der Waals surface area contributed by atoms with E-state index < -0.39 is 5.41 Å². The lowest BCUT2D eigenvalue weighted by atomic mass is 9.93. The van der Waals surface area contributed by atoms with Gasteiger partial charge in [0.25, 0.3) is 0 Å². The fourth-order valence-electron chi connectivity index (χ4n) is 3.99. The number of nitrogens with zero attached hydrogens (tertiary/aromatic N) is 3. The SMILES string of the molecule is COc1ccccc1C1(C(=O)NC2CCN(c3nccn3C)CC2)CC1. The Morgan fingerprint density at radius 3 is 2.62 bits per heavy atom. The zero-order chi connectivity index (χ0) is 18.1. The largest absolute Gasteiger partial charge is 0.496 e. The molecule has 1 aromatic heterocycles. The molecule has 2 aromatic rings. The highest BCUT2D eigenvalue weighted by molar-refractivity contribution is 5.92. The molecule has 6 heteroatoms. The lowest BCUT2D eigenvalue weighted by molar-refractivity contribution is -0.124. The number of piperidine rings is 1. The van der Waals surface area contributed by atoms with Gasteiger partial charge in [-0.25, -0.2) is 4.98 Å². The second-order valence-electron chi connectivity index (χ2n) is 7.36. The Morgan fingerprint density at radius 2 is 2.00 bits per heavy atom. The Balaban J connectivity index is 1.39. The number of carbonyl (C=O) groups excluding carboxylic acids is 1. The molecular weight excluding hydrogens is 328 g/mol. The van der Waals surface area contributed by atoms with Crippen molar-refractivity contribution in [3.8, 4) is 5.75 Å². The lowest BCUT2D eigenvalue weighted by Gasteiger charge is -2.33. The molecule has 1 aliphatic carbocycles. The topological polar surface area (TPSA) is 59.4 Å². The summed E-state index contributed by atoms with van der Waals surface area (Å²) in [7, 11) is 3.68. The van der Waals surface area contributed by atoms with Crippen LogP contribution in [0.15, 0.2) is 36.7 Å². The number of nitrogens with one attached hydrogen (secondary N) is 1. The van der Waals surface area contributed by atoms with Crippen LogP contribution < -0.4 is 15.0 Å². The maximum absolute atomic E-state index is 13.0. The van der Waals surface area contributed by atoms with Gasteiger partial charge in [-0.1, -0.05) is 18.2 Å². The van der Waals surface area contributed by atoms with Gasteiger partial charge in [0.05, 0.1) is 12.5 Å². The first-order chi connectivity index (χ1) is 12.6. The van der Waals surface area contributed by atoms with Crippen LogP contribution in [0.25, 0.3) is 0 Å². The van der Waals surface area contributed by atoms with Crippen LogP contribution in [0, 0.1) is 0 Å². The molecule has 0 spiro atoms. The Kier molecular flexibility index (Phi) is 4.34. The summed E-state index contributed by atoms with van der Waals surface area (Å²) >= 11 is 0. The van der Waals surface area contributed by atoms with Gasteiger partial charge in [-0.3, -0.25) is 4.79 Å². The maximum atomic E-state index is 13.0. The molecule has 6 nitrogen and oxygen atoms in total. The van der Waals surface area contributed by atoms with Gasteiger partial charge in [0.1, 0.15) is 5.75 Å². The van der Waals surface area contributed by atoms with E-state index in [-0.39, 0.29) is 11.9 Å². The fraction of sp³-hybridized carbons (Fsp3) is 0.500. The van der Waals surface area contributed by atoms with E-state index in [1.54, 1.807) is 7.11 Å². The molecule has 138 valence electrons. The number of anilines is 1. The standard InChI is InChI=1S/C20H26N4O2/c1-23-14-11-21-19(23)24-12-7-15(8-13-24)22-18(25)20(9-10-20)16-5-3-4-6-17(16)26-2/h3-6,11,14-15H,7-10,12-13H2,1-2H3,(H,22,25). The van der Waals surface area contributed by atoms with Crippen LogP contribution in [0.3, 0.4) is 0 Å². The number of amides is 1. The van der Waals surface area contributed by atoms with Crippen LogP contribution in [0.2, 0.25) is 0 Å². The average molecular weight is 354 g/mol. The van der Waals surface area contributed by atoms with E-state index in [2.05, 4.69) is 15.2 Å². The van der Waals surface area contributed by atoms with Crippen molar-refractivity contribution in [1.29, 1.82) is 0 Å². The number of aryl methyl sites for hydroxylation is 1. The van der Waals surface area contributed by atoms with E-state index in [1.165, 1.54) is 0 Å². The molecule has 1 saturated heterocycles. The van der Waals surface area contributed by atoms with Crippen molar-refractivity contribution in [2.75, 3.05) is 25.1 Å². The third-order valence-electron chi connectivity index (χ3n) is 5.72. The van der Waals surface area contributed by atoms with Crippen LogP contribution >= 0.6 is 0 Å². The third kappa shape index (κ3) is 2.93. The van der Waals surface area contributed by atoms with Gasteiger partial charge in [-0.05, 0) is 31.7 Å². The number of methoxy groups -OCH3 is 1. The van der Waals surface area contributed by atoms with Gasteiger partial charge in [0, 0.05) is 44.1 Å². The second-order valence-corrected chi connectivity index (χ2v) is 7.36. The zero-order valence-corrected chi connectivity index (χ0v) is 15.4. The number of carbonyl (C=O) groups is 1. The van der Waals surface area contributed by atoms with Crippen molar-refractivity contribution in [2.45, 2.75) is 37.1 Å². The molecule has 26 heavy (non-hydrogen) atoms. The van der Waals surface area contributed by atoms with Crippen LogP contribution in [0.1, 0.15) is 31.2 Å². The van der Waals surface area contributed by atoms with Crippen molar-refractivity contribution < 1.29 is 9.53 Å². The van der Waals surface area contributed by atoms with Gasteiger partial charge in [0.15, 0.2) is 0 Å². The first-order valence-electron chi connectivity index (χ1n) is 9.31. The van der Waals surface area contributed by atoms with Crippen molar-refractivity contribution in [1.82, 2.24) is 14.9 Å². The highest BCUT2D eigenvalue weighted by atomic mass is 16.5. The summed E-state index contributed by atoms with van der Waals surface area (Å²) in [5, 5.41) is 3.30. The van der Waals surface area contributed by atoms with E-state index >= 15 is 0 Å². The predicted octanol–water partition coefficient (Wildman–Crippen LogP) is 2.25. The van der Waals surface area contributed by atoms with Gasteiger partial charge in [0.2, 0.25) is 11.9 Å². The normalized spacial score (nSPS) is 19.2. The molecule has 0 unspecified atom stereocenters. The molecule has 1 aliphatic heterocycles. The maximum Gasteiger partial charge on any atom is 0.231 e. The van der Waals surface area contributed by atoms with Gasteiger partial charge >= 0.3 is 0 Å². The van der Waals surface area contributed by atoms with Crippen molar-refractivity contribution in [3.05, 3.63) is 42.2 Å². The molecular formula is C20H26N4O2. The van der Waals surface area contributed by atoms with Gasteiger partial charge < -0.3 is 19.5 Å². The minimum Gasteiger partial charge on any atom is -0.496 e.